The largest absolute Gasteiger partial charge is 0.353 e. The van der Waals surface area contributed by atoms with Gasteiger partial charge in [0.25, 0.3) is 5.91 Å². The molecule has 4 amide bonds. The zero-order chi connectivity index (χ0) is 26.7. The van der Waals surface area contributed by atoms with E-state index in [4.69, 9.17) is 11.6 Å². The molecular formula is C23H26ClN5O6S2. The van der Waals surface area contributed by atoms with Gasteiger partial charge in [0.1, 0.15) is 6.04 Å². The summed E-state index contributed by atoms with van der Waals surface area (Å²) in [5, 5.41) is 5.19. The van der Waals surface area contributed by atoms with Gasteiger partial charge in [-0.2, -0.15) is 4.72 Å². The summed E-state index contributed by atoms with van der Waals surface area (Å²) in [5.41, 5.74) is 0.856. The van der Waals surface area contributed by atoms with Crippen molar-refractivity contribution in [3.8, 4) is 0 Å². The standard InChI is InChI=1S/C23H26ClN5O6S2/c1-14-16(29-10-3-6-21(29)31)4-2-5-18(14)37(34,35)27-15(23(33)28-11-9-25-20(30)13-28)12-26-22(32)17-7-8-19(24)36-17/h2,4-5,7-8,15,27H,3,6,9-13H2,1H3,(H,25,30)(H,26,32)/t15-/m0/s1. The van der Waals surface area contributed by atoms with Gasteiger partial charge in [-0.1, -0.05) is 17.7 Å². The molecule has 2 fully saturated rings. The number of nitrogens with one attached hydrogen (secondary N) is 3. The molecule has 2 aliphatic rings. The predicted octanol–water partition coefficient (Wildman–Crippen LogP) is 0.872. The fraction of sp³-hybridized carbons (Fsp3) is 0.391. The molecule has 1 aromatic carbocycles. The van der Waals surface area contributed by atoms with Crippen molar-refractivity contribution in [3.63, 3.8) is 0 Å². The highest BCUT2D eigenvalue weighted by Crippen LogP contribution is 2.29. The van der Waals surface area contributed by atoms with Gasteiger partial charge in [0, 0.05) is 38.3 Å². The summed E-state index contributed by atoms with van der Waals surface area (Å²) in [6, 6.07) is 6.30. The van der Waals surface area contributed by atoms with Crippen molar-refractivity contribution >= 4 is 62.3 Å². The highest BCUT2D eigenvalue weighted by Gasteiger charge is 2.33. The van der Waals surface area contributed by atoms with E-state index in [-0.39, 0.29) is 42.9 Å². The molecule has 0 spiro atoms. The van der Waals surface area contributed by atoms with Crippen LogP contribution < -0.4 is 20.3 Å². The summed E-state index contributed by atoms with van der Waals surface area (Å²) >= 11 is 6.94. The molecule has 2 aromatic rings. The van der Waals surface area contributed by atoms with Crippen LogP contribution in [0.25, 0.3) is 0 Å². The second kappa shape index (κ2) is 11.2. The number of amides is 4. The van der Waals surface area contributed by atoms with E-state index in [1.807, 2.05) is 0 Å². The van der Waals surface area contributed by atoms with E-state index in [2.05, 4.69) is 15.4 Å². The molecule has 2 aliphatic heterocycles. The molecule has 37 heavy (non-hydrogen) atoms. The maximum Gasteiger partial charge on any atom is 0.261 e. The van der Waals surface area contributed by atoms with Crippen LogP contribution in [0.3, 0.4) is 0 Å². The van der Waals surface area contributed by atoms with Crippen LogP contribution in [0.2, 0.25) is 4.34 Å². The van der Waals surface area contributed by atoms with Crippen LogP contribution in [0.15, 0.2) is 35.2 Å². The lowest BCUT2D eigenvalue weighted by atomic mass is 10.2. The van der Waals surface area contributed by atoms with Gasteiger partial charge < -0.3 is 20.4 Å². The number of hydrogen-bond donors (Lipinski definition) is 3. The average molecular weight is 568 g/mol. The van der Waals surface area contributed by atoms with E-state index in [0.717, 1.165) is 11.3 Å². The second-order valence-electron chi connectivity index (χ2n) is 8.65. The summed E-state index contributed by atoms with van der Waals surface area (Å²) in [6.07, 6.45) is 1.08. The molecule has 3 heterocycles. The first-order valence-electron chi connectivity index (χ1n) is 11.6. The third-order valence-corrected chi connectivity index (χ3v) is 8.96. The van der Waals surface area contributed by atoms with Gasteiger partial charge in [0.15, 0.2) is 0 Å². The van der Waals surface area contributed by atoms with Crippen molar-refractivity contribution in [2.45, 2.75) is 30.7 Å². The van der Waals surface area contributed by atoms with E-state index < -0.39 is 27.9 Å². The highest BCUT2D eigenvalue weighted by atomic mass is 35.5. The summed E-state index contributed by atoms with van der Waals surface area (Å²) in [6.45, 7) is 1.94. The lowest BCUT2D eigenvalue weighted by molar-refractivity contribution is -0.139. The fourth-order valence-electron chi connectivity index (χ4n) is 4.28. The number of thiophene rings is 1. The Hall–Kier alpha value is -3.00. The Bertz CT molecular complexity index is 1340. The van der Waals surface area contributed by atoms with Crippen LogP contribution in [-0.2, 0) is 24.4 Å². The van der Waals surface area contributed by atoms with Gasteiger partial charge in [-0.25, -0.2) is 8.42 Å². The number of nitrogens with zero attached hydrogens (tertiary/aromatic N) is 2. The molecule has 0 aliphatic carbocycles. The molecule has 198 valence electrons. The Labute approximate surface area is 223 Å². The molecule has 0 unspecified atom stereocenters. The van der Waals surface area contributed by atoms with E-state index in [0.29, 0.717) is 39.9 Å². The topological polar surface area (TPSA) is 145 Å². The van der Waals surface area contributed by atoms with Gasteiger partial charge in [0.05, 0.1) is 20.7 Å². The molecule has 1 atom stereocenters. The van der Waals surface area contributed by atoms with Gasteiger partial charge >= 0.3 is 0 Å². The normalized spacial score (nSPS) is 17.0. The maximum absolute atomic E-state index is 13.5. The van der Waals surface area contributed by atoms with Crippen LogP contribution in [-0.4, -0.2) is 75.7 Å². The number of sulfonamides is 1. The fourth-order valence-corrected chi connectivity index (χ4v) is 6.70. The number of carbonyl (C=O) groups is 4. The lowest BCUT2D eigenvalue weighted by Crippen LogP contribution is -2.58. The van der Waals surface area contributed by atoms with Gasteiger partial charge in [-0.05, 0) is 43.2 Å². The summed E-state index contributed by atoms with van der Waals surface area (Å²) < 4.78 is 29.8. The third-order valence-electron chi connectivity index (χ3n) is 6.12. The monoisotopic (exact) mass is 567 g/mol. The average Bonchev–Trinajstić information content (AvgIpc) is 3.49. The predicted molar refractivity (Wildman–Crippen MR) is 138 cm³/mol. The molecule has 1 aromatic heterocycles. The maximum atomic E-state index is 13.5. The quantitative estimate of drug-likeness (QED) is 0.432. The Morgan fingerprint density at radius 1 is 1.19 bits per heavy atom. The van der Waals surface area contributed by atoms with Crippen LogP contribution in [0.4, 0.5) is 5.69 Å². The number of rotatable bonds is 8. The van der Waals surface area contributed by atoms with E-state index in [1.54, 1.807) is 24.0 Å². The first-order chi connectivity index (χ1) is 17.6. The molecular weight excluding hydrogens is 542 g/mol. The number of piperazine rings is 1. The Morgan fingerprint density at radius 2 is 1.97 bits per heavy atom. The molecule has 0 saturated carbocycles. The van der Waals surface area contributed by atoms with Crippen molar-refractivity contribution in [2.75, 3.05) is 37.6 Å². The zero-order valence-electron chi connectivity index (χ0n) is 20.0. The smallest absolute Gasteiger partial charge is 0.261 e. The number of hydrogen-bond acceptors (Lipinski definition) is 7. The van der Waals surface area contributed by atoms with Crippen molar-refractivity contribution < 1.29 is 27.6 Å². The van der Waals surface area contributed by atoms with Crippen LogP contribution in [0, 0.1) is 6.92 Å². The van der Waals surface area contributed by atoms with Gasteiger partial charge in [-0.3, -0.25) is 19.2 Å². The minimum absolute atomic E-state index is 0.0848. The Balaban J connectivity index is 1.59. The third kappa shape index (κ3) is 6.12. The summed E-state index contributed by atoms with van der Waals surface area (Å²) in [5.74, 6) is -1.61. The Morgan fingerprint density at radius 3 is 2.62 bits per heavy atom. The van der Waals surface area contributed by atoms with Crippen molar-refractivity contribution in [2.24, 2.45) is 0 Å². The van der Waals surface area contributed by atoms with Crippen molar-refractivity contribution in [1.82, 2.24) is 20.3 Å². The van der Waals surface area contributed by atoms with Gasteiger partial charge in [0.2, 0.25) is 27.7 Å². The summed E-state index contributed by atoms with van der Waals surface area (Å²) in [7, 11) is -4.27. The molecule has 2 saturated heterocycles. The number of anilines is 1. The number of halogens is 1. The molecule has 0 radical (unpaired) electrons. The minimum Gasteiger partial charge on any atom is -0.353 e. The molecule has 14 heteroatoms. The molecule has 11 nitrogen and oxygen atoms in total. The van der Waals surface area contributed by atoms with Crippen LogP contribution in [0.5, 0.6) is 0 Å². The highest BCUT2D eigenvalue weighted by molar-refractivity contribution is 7.89. The minimum atomic E-state index is -4.27. The van der Waals surface area contributed by atoms with Crippen molar-refractivity contribution in [3.05, 3.63) is 45.1 Å². The molecule has 0 bridgehead atoms. The SMILES string of the molecule is Cc1c(N2CCCC2=O)cccc1S(=O)(=O)N[C@@H](CNC(=O)c1ccc(Cl)s1)C(=O)N1CCNC(=O)C1. The second-order valence-corrected chi connectivity index (χ2v) is 12.0. The van der Waals surface area contributed by atoms with E-state index >= 15 is 0 Å². The first-order valence-corrected chi connectivity index (χ1v) is 14.3. The van der Waals surface area contributed by atoms with Crippen LogP contribution in [0.1, 0.15) is 28.1 Å². The molecule has 3 N–H and O–H groups in total. The van der Waals surface area contributed by atoms with Crippen molar-refractivity contribution in [1.29, 1.82) is 0 Å². The van der Waals surface area contributed by atoms with Crippen LogP contribution >= 0.6 is 22.9 Å². The Kier molecular flexibility index (Phi) is 8.17. The van der Waals surface area contributed by atoms with E-state index in [1.165, 1.54) is 23.1 Å². The first kappa shape index (κ1) is 27.0. The number of carbonyl (C=O) groups excluding carboxylic acids is 4. The van der Waals surface area contributed by atoms with Gasteiger partial charge in [-0.15, -0.1) is 11.3 Å². The van der Waals surface area contributed by atoms with E-state index in [9.17, 15) is 27.6 Å². The molecule has 4 rings (SSSR count). The zero-order valence-corrected chi connectivity index (χ0v) is 22.3. The number of benzene rings is 1. The lowest BCUT2D eigenvalue weighted by Gasteiger charge is -2.30. The summed E-state index contributed by atoms with van der Waals surface area (Å²) in [4.78, 5) is 53.0.